The van der Waals surface area contributed by atoms with Crippen molar-refractivity contribution in [1.29, 1.82) is 0 Å². The third-order valence-corrected chi connectivity index (χ3v) is 5.22. The number of rotatable bonds is 1. The van der Waals surface area contributed by atoms with E-state index in [1.54, 1.807) is 16.8 Å². The average Bonchev–Trinajstić information content (AvgIpc) is 2.94. The minimum absolute atomic E-state index is 0.516. The Hall–Kier alpha value is -1.29. The van der Waals surface area contributed by atoms with Crippen molar-refractivity contribution in [2.45, 2.75) is 25.7 Å². The Labute approximate surface area is 142 Å². The van der Waals surface area contributed by atoms with Gasteiger partial charge in [-0.1, -0.05) is 40.9 Å². The van der Waals surface area contributed by atoms with E-state index >= 15 is 0 Å². The molecule has 3 nitrogen and oxygen atoms in total. The molecule has 22 heavy (non-hydrogen) atoms. The van der Waals surface area contributed by atoms with Crippen molar-refractivity contribution < 1.29 is 0 Å². The summed E-state index contributed by atoms with van der Waals surface area (Å²) < 4.78 is 1.71. The average molecular weight is 353 g/mol. The van der Waals surface area contributed by atoms with Gasteiger partial charge in [0.05, 0.1) is 16.2 Å². The van der Waals surface area contributed by atoms with E-state index in [2.05, 4.69) is 5.10 Å². The van der Waals surface area contributed by atoms with Gasteiger partial charge in [0.15, 0.2) is 5.65 Å². The Kier molecular flexibility index (Phi) is 3.52. The molecule has 1 aliphatic carbocycles. The molecule has 0 saturated carbocycles. The molecule has 0 radical (unpaired) electrons. The van der Waals surface area contributed by atoms with Crippen molar-refractivity contribution >= 4 is 40.4 Å². The summed E-state index contributed by atoms with van der Waals surface area (Å²) in [5.74, 6) is 0. The highest BCUT2D eigenvalue weighted by atomic mass is 35.5. The van der Waals surface area contributed by atoms with Gasteiger partial charge in [-0.2, -0.15) is 5.10 Å². The van der Waals surface area contributed by atoms with Crippen LogP contribution >= 0.6 is 34.8 Å². The molecule has 2 heterocycles. The van der Waals surface area contributed by atoms with Crippen LogP contribution < -0.4 is 0 Å². The van der Waals surface area contributed by atoms with Crippen molar-refractivity contribution in [3.05, 3.63) is 50.9 Å². The van der Waals surface area contributed by atoms with Crippen LogP contribution in [0.5, 0.6) is 0 Å². The van der Waals surface area contributed by atoms with Crippen LogP contribution in [0, 0.1) is 0 Å². The van der Waals surface area contributed by atoms with Gasteiger partial charge in [-0.05, 0) is 43.4 Å². The first kappa shape index (κ1) is 14.3. The van der Waals surface area contributed by atoms with E-state index in [1.807, 2.05) is 12.1 Å². The summed E-state index contributed by atoms with van der Waals surface area (Å²) in [5.41, 5.74) is 4.83. The number of aryl methyl sites for hydroxylation is 1. The highest BCUT2D eigenvalue weighted by molar-refractivity contribution is 6.42. The van der Waals surface area contributed by atoms with E-state index in [1.165, 1.54) is 0 Å². The van der Waals surface area contributed by atoms with Crippen molar-refractivity contribution in [2.24, 2.45) is 0 Å². The Morgan fingerprint density at radius 3 is 2.64 bits per heavy atom. The molecule has 0 bridgehead atoms. The summed E-state index contributed by atoms with van der Waals surface area (Å²) >= 11 is 18.6. The second-order valence-electron chi connectivity index (χ2n) is 5.46. The van der Waals surface area contributed by atoms with Crippen LogP contribution in [0.2, 0.25) is 15.2 Å². The van der Waals surface area contributed by atoms with Gasteiger partial charge in [-0.15, -0.1) is 0 Å². The number of hydrogen-bond donors (Lipinski definition) is 0. The molecule has 3 aromatic rings. The number of halogens is 3. The molecule has 4 rings (SSSR count). The standard InChI is InChI=1S/C16H12Cl3N3/c17-12-6-5-9(7-13(12)18)11-8-20-22-15(19)10-3-1-2-4-14(10)21-16(11)22/h5-8H,1-4H2. The normalized spacial score (nSPS) is 14.3. The predicted molar refractivity (Wildman–Crippen MR) is 90.1 cm³/mol. The molecule has 0 aliphatic heterocycles. The fourth-order valence-electron chi connectivity index (χ4n) is 2.95. The van der Waals surface area contributed by atoms with Crippen LogP contribution in [0.4, 0.5) is 0 Å². The van der Waals surface area contributed by atoms with Crippen molar-refractivity contribution in [1.82, 2.24) is 14.6 Å². The van der Waals surface area contributed by atoms with Gasteiger partial charge < -0.3 is 0 Å². The lowest BCUT2D eigenvalue weighted by molar-refractivity contribution is 0.660. The van der Waals surface area contributed by atoms with E-state index < -0.39 is 0 Å². The maximum atomic E-state index is 6.53. The summed E-state index contributed by atoms with van der Waals surface area (Å²) in [6.45, 7) is 0. The first-order chi connectivity index (χ1) is 10.6. The van der Waals surface area contributed by atoms with E-state index in [0.29, 0.717) is 15.2 Å². The van der Waals surface area contributed by atoms with E-state index in [9.17, 15) is 0 Å². The second-order valence-corrected chi connectivity index (χ2v) is 6.63. The number of benzene rings is 1. The SMILES string of the molecule is Clc1ccc(-c2cnn3c(Cl)c4c(nc23)CCCC4)cc1Cl. The largest absolute Gasteiger partial charge is 0.233 e. The topological polar surface area (TPSA) is 30.2 Å². The fraction of sp³-hybridized carbons (Fsp3) is 0.250. The predicted octanol–water partition coefficient (Wildman–Crippen LogP) is 5.24. The Balaban J connectivity index is 1.96. The molecule has 0 saturated heterocycles. The van der Waals surface area contributed by atoms with Gasteiger partial charge in [-0.25, -0.2) is 9.50 Å². The van der Waals surface area contributed by atoms with Crippen LogP contribution in [0.15, 0.2) is 24.4 Å². The molecular formula is C16H12Cl3N3. The number of hydrogen-bond acceptors (Lipinski definition) is 2. The zero-order valence-electron chi connectivity index (χ0n) is 11.6. The van der Waals surface area contributed by atoms with E-state index in [-0.39, 0.29) is 0 Å². The summed E-state index contributed by atoms with van der Waals surface area (Å²) in [6.07, 6.45) is 6.03. The smallest absolute Gasteiger partial charge is 0.164 e. The highest BCUT2D eigenvalue weighted by Gasteiger charge is 2.20. The Morgan fingerprint density at radius 2 is 1.82 bits per heavy atom. The minimum atomic E-state index is 0.516. The third kappa shape index (κ3) is 2.19. The molecular weight excluding hydrogens is 341 g/mol. The van der Waals surface area contributed by atoms with E-state index in [0.717, 1.165) is 53.7 Å². The van der Waals surface area contributed by atoms with E-state index in [4.69, 9.17) is 39.8 Å². The lowest BCUT2D eigenvalue weighted by Gasteiger charge is -2.16. The third-order valence-electron chi connectivity index (χ3n) is 4.09. The summed E-state index contributed by atoms with van der Waals surface area (Å²) in [6, 6.07) is 5.53. The molecule has 0 amide bonds. The Bertz CT molecular complexity index is 886. The highest BCUT2D eigenvalue weighted by Crippen LogP contribution is 2.33. The molecule has 1 aliphatic rings. The molecule has 0 spiro atoms. The molecule has 1 aromatic carbocycles. The lowest BCUT2D eigenvalue weighted by Crippen LogP contribution is -2.10. The van der Waals surface area contributed by atoms with Gasteiger partial charge in [0.1, 0.15) is 5.15 Å². The first-order valence-corrected chi connectivity index (χ1v) is 8.29. The van der Waals surface area contributed by atoms with Crippen molar-refractivity contribution in [2.75, 3.05) is 0 Å². The molecule has 6 heteroatoms. The summed E-state index contributed by atoms with van der Waals surface area (Å²) in [4.78, 5) is 4.80. The monoisotopic (exact) mass is 351 g/mol. The maximum Gasteiger partial charge on any atom is 0.164 e. The van der Waals surface area contributed by atoms with Crippen LogP contribution in [0.1, 0.15) is 24.1 Å². The lowest BCUT2D eigenvalue weighted by atomic mass is 9.97. The second kappa shape index (κ2) is 5.41. The first-order valence-electron chi connectivity index (χ1n) is 7.15. The maximum absolute atomic E-state index is 6.53. The van der Waals surface area contributed by atoms with Gasteiger partial charge in [0.2, 0.25) is 0 Å². The summed E-state index contributed by atoms with van der Waals surface area (Å²) in [7, 11) is 0. The quantitative estimate of drug-likeness (QED) is 0.561. The molecule has 2 aromatic heterocycles. The van der Waals surface area contributed by atoms with Crippen LogP contribution in [0.25, 0.3) is 16.8 Å². The van der Waals surface area contributed by atoms with Crippen LogP contribution in [0.3, 0.4) is 0 Å². The van der Waals surface area contributed by atoms with Crippen LogP contribution in [-0.2, 0) is 12.8 Å². The van der Waals surface area contributed by atoms with Crippen LogP contribution in [-0.4, -0.2) is 14.6 Å². The molecule has 0 atom stereocenters. The van der Waals surface area contributed by atoms with Crippen molar-refractivity contribution in [3.63, 3.8) is 0 Å². The molecule has 112 valence electrons. The van der Waals surface area contributed by atoms with Gasteiger partial charge in [0.25, 0.3) is 0 Å². The van der Waals surface area contributed by atoms with Gasteiger partial charge >= 0.3 is 0 Å². The fourth-order valence-corrected chi connectivity index (χ4v) is 3.58. The minimum Gasteiger partial charge on any atom is -0.233 e. The number of aromatic nitrogens is 3. The van der Waals surface area contributed by atoms with Gasteiger partial charge in [-0.3, -0.25) is 0 Å². The Morgan fingerprint density at radius 1 is 1.00 bits per heavy atom. The molecule has 0 N–H and O–H groups in total. The summed E-state index contributed by atoms with van der Waals surface area (Å²) in [5, 5.41) is 6.12. The zero-order valence-corrected chi connectivity index (χ0v) is 13.9. The number of nitrogens with zero attached hydrogens (tertiary/aromatic N) is 3. The zero-order chi connectivity index (χ0) is 15.3. The number of fused-ring (bicyclic) bond motifs is 2. The van der Waals surface area contributed by atoms with Gasteiger partial charge in [0, 0.05) is 16.8 Å². The van der Waals surface area contributed by atoms with Crippen molar-refractivity contribution in [3.8, 4) is 11.1 Å². The molecule has 0 fully saturated rings. The molecule has 0 unspecified atom stereocenters.